The lowest BCUT2D eigenvalue weighted by molar-refractivity contribution is -0.893. The van der Waals surface area contributed by atoms with Gasteiger partial charge in [0.1, 0.15) is 18.4 Å². The lowest BCUT2D eigenvalue weighted by Crippen LogP contribution is -2.62. The lowest BCUT2D eigenvalue weighted by atomic mass is 9.43. The summed E-state index contributed by atoms with van der Waals surface area (Å²) in [7, 11) is -0.484. The van der Waals surface area contributed by atoms with Gasteiger partial charge in [0.05, 0.1) is 39.0 Å². The van der Waals surface area contributed by atoms with Crippen LogP contribution in [0.1, 0.15) is 85.0 Å². The van der Waals surface area contributed by atoms with Crippen LogP contribution >= 0.6 is 0 Å². The maximum atomic E-state index is 12.7. The first kappa shape index (κ1) is 35.0. The number of aliphatic hydroxyl groups excluding tert-OH is 4. The molecule has 0 saturated heterocycles. The monoisotopic (exact) mass is 631 g/mol. The van der Waals surface area contributed by atoms with E-state index in [2.05, 4.69) is 26.1 Å². The summed E-state index contributed by atoms with van der Waals surface area (Å²) >= 11 is 0. The molecule has 4 aliphatic rings. The number of nitrogens with one attached hydrogen (secondary N) is 1. The molecule has 10 nitrogen and oxygen atoms in total. The molecule has 6 N–H and O–H groups in total. The van der Waals surface area contributed by atoms with Gasteiger partial charge in [-0.25, -0.2) is 0 Å². The predicted molar refractivity (Wildman–Crippen MR) is 164 cm³/mol. The SMILES string of the molecule is C[C@H](CCC(=O)NCCC[N+](C)(C)CC(O)CS(=O)(=O)O)[C@H]1CC[C@H]2[C@@H]3[C@H](O)CC4C[C@H](O)CC[C@]4(C)[C@H]3C[C@H](O)[C@]12C. The highest BCUT2D eigenvalue weighted by molar-refractivity contribution is 7.85. The fourth-order valence-corrected chi connectivity index (χ4v) is 11.1. The molecule has 0 aliphatic heterocycles. The van der Waals surface area contributed by atoms with E-state index in [9.17, 15) is 33.6 Å². The molecule has 4 fully saturated rings. The van der Waals surface area contributed by atoms with E-state index in [0.717, 1.165) is 44.9 Å². The van der Waals surface area contributed by atoms with Crippen molar-refractivity contribution in [3.63, 3.8) is 0 Å². The Kier molecular flexibility index (Phi) is 10.7. The molecule has 2 unspecified atom stereocenters. The molecule has 250 valence electrons. The fourth-order valence-electron chi connectivity index (χ4n) is 10.5. The molecule has 4 rings (SSSR count). The van der Waals surface area contributed by atoms with Gasteiger partial charge in [0, 0.05) is 19.4 Å². The van der Waals surface area contributed by atoms with E-state index in [0.29, 0.717) is 48.7 Å². The second kappa shape index (κ2) is 13.1. The largest absolute Gasteiger partial charge is 0.393 e. The zero-order chi connectivity index (χ0) is 32.0. The molecule has 43 heavy (non-hydrogen) atoms. The van der Waals surface area contributed by atoms with Gasteiger partial charge in [-0.2, -0.15) is 8.42 Å². The molecule has 1 amide bonds. The van der Waals surface area contributed by atoms with Crippen LogP contribution in [-0.4, -0.2) is 108 Å². The molecule has 11 heteroatoms. The van der Waals surface area contributed by atoms with Crippen molar-refractivity contribution in [1.82, 2.24) is 5.32 Å². The number of rotatable bonds is 12. The van der Waals surface area contributed by atoms with Crippen LogP contribution in [0, 0.1) is 46.3 Å². The van der Waals surface area contributed by atoms with Gasteiger partial charge in [-0.05, 0) is 97.7 Å². The van der Waals surface area contributed by atoms with Gasteiger partial charge >= 0.3 is 0 Å². The number of fused-ring (bicyclic) bond motifs is 5. The molecule has 0 spiro atoms. The first-order chi connectivity index (χ1) is 19.9. The number of carbonyl (C=O) groups excluding carboxylic acids is 1. The number of aliphatic hydroxyl groups is 4. The average molecular weight is 632 g/mol. The van der Waals surface area contributed by atoms with E-state index < -0.39 is 28.1 Å². The maximum Gasteiger partial charge on any atom is 0.267 e. The normalized spacial score (nSPS) is 41.1. The van der Waals surface area contributed by atoms with Gasteiger partial charge in [-0.3, -0.25) is 9.35 Å². The van der Waals surface area contributed by atoms with Crippen LogP contribution in [0.25, 0.3) is 0 Å². The van der Waals surface area contributed by atoms with Crippen molar-refractivity contribution < 1.29 is 42.7 Å². The Balaban J connectivity index is 1.27. The summed E-state index contributed by atoms with van der Waals surface area (Å²) in [6, 6.07) is 0. The maximum absolute atomic E-state index is 12.7. The number of nitrogens with zero attached hydrogens (tertiary/aromatic N) is 1. The number of carbonyl (C=O) groups is 1. The molecule has 0 aromatic rings. The minimum absolute atomic E-state index is 0.00585. The number of hydrogen-bond acceptors (Lipinski definition) is 7. The van der Waals surface area contributed by atoms with E-state index in [-0.39, 0.29) is 59.2 Å². The van der Waals surface area contributed by atoms with Crippen molar-refractivity contribution in [2.45, 2.75) is 109 Å². The van der Waals surface area contributed by atoms with Gasteiger partial charge in [-0.15, -0.1) is 0 Å². The number of likely N-dealkylation sites (N-methyl/N-ethyl adjacent to an activating group) is 1. The minimum Gasteiger partial charge on any atom is -0.393 e. The van der Waals surface area contributed by atoms with Crippen molar-refractivity contribution in [2.24, 2.45) is 46.3 Å². The van der Waals surface area contributed by atoms with Crippen molar-refractivity contribution >= 4 is 16.0 Å². The van der Waals surface area contributed by atoms with E-state index in [1.165, 1.54) is 0 Å². The number of quaternary nitrogens is 1. The highest BCUT2D eigenvalue weighted by Gasteiger charge is 2.65. The summed E-state index contributed by atoms with van der Waals surface area (Å²) in [5.41, 5.74) is -0.222. The first-order valence-corrected chi connectivity index (χ1v) is 18.2. The van der Waals surface area contributed by atoms with E-state index >= 15 is 0 Å². The Morgan fingerprint density at radius 3 is 2.42 bits per heavy atom. The molecule has 0 aromatic carbocycles. The molecule has 12 atom stereocenters. The second-order valence-electron chi connectivity index (χ2n) is 16.0. The van der Waals surface area contributed by atoms with Crippen molar-refractivity contribution in [3.05, 3.63) is 0 Å². The summed E-state index contributed by atoms with van der Waals surface area (Å²) in [4.78, 5) is 12.7. The molecule has 0 aromatic heterocycles. The van der Waals surface area contributed by atoms with Gasteiger partial charge in [-0.1, -0.05) is 20.8 Å². The van der Waals surface area contributed by atoms with Crippen LogP contribution < -0.4 is 5.32 Å². The summed E-state index contributed by atoms with van der Waals surface area (Å²) in [5, 5.41) is 46.5. The third-order valence-electron chi connectivity index (χ3n) is 12.7. The average Bonchev–Trinajstić information content (AvgIpc) is 3.24. The quantitative estimate of drug-likeness (QED) is 0.108. The van der Waals surface area contributed by atoms with Gasteiger partial charge in [0.15, 0.2) is 0 Å². The predicted octanol–water partition coefficient (Wildman–Crippen LogP) is 2.20. The summed E-state index contributed by atoms with van der Waals surface area (Å²) in [6.45, 7) is 8.10. The Hall–Kier alpha value is -0.820. The molecule has 4 aliphatic carbocycles. The smallest absolute Gasteiger partial charge is 0.267 e. The number of hydrogen-bond donors (Lipinski definition) is 6. The molecular weight excluding hydrogens is 572 g/mol. The second-order valence-corrected chi connectivity index (χ2v) is 17.5. The molecule has 0 heterocycles. The molecule has 0 bridgehead atoms. The van der Waals surface area contributed by atoms with Gasteiger partial charge in [0.2, 0.25) is 5.91 Å². The Morgan fingerprint density at radius 2 is 1.74 bits per heavy atom. The van der Waals surface area contributed by atoms with Crippen LogP contribution in [-0.2, 0) is 14.9 Å². The number of amides is 1. The Morgan fingerprint density at radius 1 is 1.05 bits per heavy atom. The van der Waals surface area contributed by atoms with E-state index in [4.69, 9.17) is 4.55 Å². The van der Waals surface area contributed by atoms with Crippen molar-refractivity contribution in [3.8, 4) is 0 Å². The van der Waals surface area contributed by atoms with Crippen LogP contribution in [0.4, 0.5) is 0 Å². The third-order valence-corrected chi connectivity index (χ3v) is 13.5. The van der Waals surface area contributed by atoms with E-state index in [1.807, 2.05) is 14.1 Å². The Labute approximate surface area is 259 Å². The fraction of sp³-hybridized carbons (Fsp3) is 0.969. The minimum atomic E-state index is -4.23. The molecule has 4 saturated carbocycles. The van der Waals surface area contributed by atoms with Crippen LogP contribution in [0.2, 0.25) is 0 Å². The third kappa shape index (κ3) is 7.60. The highest BCUT2D eigenvalue weighted by atomic mass is 32.2. The van der Waals surface area contributed by atoms with Crippen LogP contribution in [0.5, 0.6) is 0 Å². The van der Waals surface area contributed by atoms with Crippen LogP contribution in [0.3, 0.4) is 0 Å². The summed E-state index contributed by atoms with van der Waals surface area (Å²) in [5.74, 6) is 0.890. The zero-order valence-electron chi connectivity index (χ0n) is 27.0. The van der Waals surface area contributed by atoms with Crippen LogP contribution in [0.15, 0.2) is 0 Å². The summed E-state index contributed by atoms with van der Waals surface area (Å²) < 4.78 is 31.3. The summed E-state index contributed by atoms with van der Waals surface area (Å²) in [6.07, 6.45) is 5.56. The van der Waals surface area contributed by atoms with Gasteiger partial charge in [0.25, 0.3) is 10.1 Å². The topological polar surface area (TPSA) is 164 Å². The zero-order valence-corrected chi connectivity index (χ0v) is 27.8. The van der Waals surface area contributed by atoms with E-state index in [1.54, 1.807) is 0 Å². The first-order valence-electron chi connectivity index (χ1n) is 16.6. The van der Waals surface area contributed by atoms with Gasteiger partial charge < -0.3 is 30.2 Å². The molecular formula is C32H59N2O8S+. The Bertz CT molecular complexity index is 1090. The lowest BCUT2D eigenvalue weighted by Gasteiger charge is -2.63. The standard InChI is InChI=1S/C32H58N2O8S/c1-20(7-10-29(39)33-13-6-14-34(4,5)18-23(36)19-43(40,41)42)24-8-9-25-30-26(17-28(38)32(24,25)3)31(2)12-11-22(35)15-21(31)16-27(30)37/h20-28,30,35-38H,6-19H2,1-5H3,(H-,33,39,40,41,42)/p+1/t20-,21?,22-,23?,24-,25+,26+,27-,28+,30+,31+,32-/m1/s1. The molecule has 0 radical (unpaired) electrons. The van der Waals surface area contributed by atoms with Crippen molar-refractivity contribution in [1.29, 1.82) is 0 Å². The van der Waals surface area contributed by atoms with Crippen molar-refractivity contribution in [2.75, 3.05) is 39.5 Å². The highest BCUT2D eigenvalue weighted by Crippen LogP contribution is 2.68.